The first-order valence-electron chi connectivity index (χ1n) is 8.65. The van der Waals surface area contributed by atoms with Gasteiger partial charge in [-0.1, -0.05) is 37.4 Å². The molecule has 0 atom stereocenters. The molecule has 0 saturated heterocycles. The van der Waals surface area contributed by atoms with Gasteiger partial charge in [-0.05, 0) is 61.1 Å². The maximum Gasteiger partial charge on any atom is 0.335 e. The minimum Gasteiger partial charge on any atom is -0.423 e. The highest BCUT2D eigenvalue weighted by molar-refractivity contribution is 5.84. The molecule has 0 radical (unpaired) electrons. The van der Waals surface area contributed by atoms with Crippen LogP contribution >= 0.6 is 0 Å². The van der Waals surface area contributed by atoms with Crippen molar-refractivity contribution in [2.24, 2.45) is 0 Å². The highest BCUT2D eigenvalue weighted by Crippen LogP contribution is 2.33. The van der Waals surface area contributed by atoms with Gasteiger partial charge in [0.15, 0.2) is 0 Å². The van der Waals surface area contributed by atoms with E-state index >= 15 is 0 Å². The molecule has 4 heteroatoms. The summed E-state index contributed by atoms with van der Waals surface area (Å²) in [6, 6.07) is 7.80. The summed E-state index contributed by atoms with van der Waals surface area (Å²) in [7, 11) is 0. The van der Waals surface area contributed by atoms with Crippen LogP contribution in [0.1, 0.15) is 33.4 Å². The van der Waals surface area contributed by atoms with Crippen LogP contribution in [0.15, 0.2) is 49.6 Å². The summed E-state index contributed by atoms with van der Waals surface area (Å²) in [6.07, 6.45) is 2.72. The van der Waals surface area contributed by atoms with Gasteiger partial charge >= 0.3 is 11.9 Å². The predicted molar refractivity (Wildman–Crippen MR) is 106 cm³/mol. The van der Waals surface area contributed by atoms with Crippen LogP contribution in [0.4, 0.5) is 0 Å². The van der Waals surface area contributed by atoms with Crippen LogP contribution in [-0.4, -0.2) is 11.9 Å². The van der Waals surface area contributed by atoms with Gasteiger partial charge in [0.25, 0.3) is 0 Å². The SMILES string of the molecule is C=CC(=O)Oc1c(Cc2ccc(C)c(C)c2OC(=O)C=C)ccc(C)c1C. The van der Waals surface area contributed by atoms with Crippen LogP contribution in [0, 0.1) is 27.7 Å². The van der Waals surface area contributed by atoms with Crippen molar-refractivity contribution in [3.05, 3.63) is 83.0 Å². The van der Waals surface area contributed by atoms with Gasteiger partial charge < -0.3 is 9.47 Å². The zero-order chi connectivity index (χ0) is 20.1. The lowest BCUT2D eigenvalue weighted by molar-refractivity contribution is -0.129. The molecule has 0 aromatic heterocycles. The summed E-state index contributed by atoms with van der Waals surface area (Å²) < 4.78 is 11.0. The molecule has 2 aromatic carbocycles. The van der Waals surface area contributed by atoms with Gasteiger partial charge in [-0.15, -0.1) is 0 Å². The molecule has 0 fully saturated rings. The summed E-state index contributed by atoms with van der Waals surface area (Å²) in [5.74, 6) is 0.00458. The van der Waals surface area contributed by atoms with Crippen molar-refractivity contribution in [2.75, 3.05) is 0 Å². The third kappa shape index (κ3) is 4.53. The monoisotopic (exact) mass is 364 g/mol. The van der Waals surface area contributed by atoms with Crippen LogP contribution < -0.4 is 9.47 Å². The fourth-order valence-corrected chi connectivity index (χ4v) is 2.74. The van der Waals surface area contributed by atoms with Crippen molar-refractivity contribution >= 4 is 11.9 Å². The maximum atomic E-state index is 11.8. The van der Waals surface area contributed by atoms with Crippen molar-refractivity contribution in [1.29, 1.82) is 0 Å². The average Bonchev–Trinajstić information content (AvgIpc) is 2.66. The van der Waals surface area contributed by atoms with Crippen molar-refractivity contribution in [2.45, 2.75) is 34.1 Å². The predicted octanol–water partition coefficient (Wildman–Crippen LogP) is 4.69. The van der Waals surface area contributed by atoms with E-state index in [2.05, 4.69) is 13.2 Å². The van der Waals surface area contributed by atoms with E-state index in [0.29, 0.717) is 17.9 Å². The van der Waals surface area contributed by atoms with E-state index in [1.54, 1.807) is 0 Å². The molecule has 0 N–H and O–H groups in total. The lowest BCUT2D eigenvalue weighted by Crippen LogP contribution is -2.10. The van der Waals surface area contributed by atoms with Crippen LogP contribution in [0.3, 0.4) is 0 Å². The second-order valence-corrected chi connectivity index (χ2v) is 6.42. The number of carbonyl (C=O) groups is 2. The molecule has 0 amide bonds. The highest BCUT2D eigenvalue weighted by Gasteiger charge is 2.17. The number of hydrogen-bond donors (Lipinski definition) is 0. The topological polar surface area (TPSA) is 52.6 Å². The van der Waals surface area contributed by atoms with Gasteiger partial charge in [-0.2, -0.15) is 0 Å². The molecule has 0 aliphatic rings. The van der Waals surface area contributed by atoms with Crippen LogP contribution in [0.2, 0.25) is 0 Å². The lowest BCUT2D eigenvalue weighted by atomic mass is 9.95. The Hall–Kier alpha value is -3.14. The first-order chi connectivity index (χ1) is 12.8. The Bertz CT molecular complexity index is 847. The number of aryl methyl sites for hydroxylation is 2. The van der Waals surface area contributed by atoms with Gasteiger partial charge in [-0.3, -0.25) is 0 Å². The average molecular weight is 364 g/mol. The fraction of sp³-hybridized carbons (Fsp3) is 0.217. The standard InChI is InChI=1S/C23H24O4/c1-7-20(24)26-22-16(5)14(3)9-11-18(22)13-19-12-10-15(4)17(6)23(19)27-21(25)8-2/h7-12H,1-2,13H2,3-6H3. The van der Waals surface area contributed by atoms with Crippen LogP contribution in [0.5, 0.6) is 11.5 Å². The summed E-state index contributed by atoms with van der Waals surface area (Å²) in [5, 5.41) is 0. The summed E-state index contributed by atoms with van der Waals surface area (Å²) >= 11 is 0. The van der Waals surface area contributed by atoms with Crippen LogP contribution in [-0.2, 0) is 16.0 Å². The molecular formula is C23H24O4. The Balaban J connectivity index is 2.54. The Morgan fingerprint density at radius 3 is 1.48 bits per heavy atom. The van der Waals surface area contributed by atoms with E-state index in [0.717, 1.165) is 45.5 Å². The largest absolute Gasteiger partial charge is 0.423 e. The van der Waals surface area contributed by atoms with E-state index in [-0.39, 0.29) is 0 Å². The summed E-state index contributed by atoms with van der Waals surface area (Å²) in [4.78, 5) is 23.6. The second kappa shape index (κ2) is 8.49. The molecule has 2 aromatic rings. The molecule has 140 valence electrons. The third-order valence-corrected chi connectivity index (χ3v) is 4.64. The Morgan fingerprint density at radius 1 is 0.778 bits per heavy atom. The molecule has 0 aliphatic carbocycles. The molecule has 0 spiro atoms. The number of esters is 2. The Labute approximate surface area is 160 Å². The zero-order valence-corrected chi connectivity index (χ0v) is 16.2. The quantitative estimate of drug-likeness (QED) is 0.424. The Kier molecular flexibility index (Phi) is 6.35. The minimum atomic E-state index is -0.511. The van der Waals surface area contributed by atoms with Gasteiger partial charge in [0.2, 0.25) is 0 Å². The number of benzene rings is 2. The Morgan fingerprint density at radius 2 is 1.15 bits per heavy atom. The molecule has 2 rings (SSSR count). The first kappa shape index (κ1) is 20.2. The van der Waals surface area contributed by atoms with E-state index < -0.39 is 11.9 Å². The van der Waals surface area contributed by atoms with E-state index in [1.165, 1.54) is 0 Å². The van der Waals surface area contributed by atoms with Crippen molar-refractivity contribution < 1.29 is 19.1 Å². The number of carbonyl (C=O) groups excluding carboxylic acids is 2. The van der Waals surface area contributed by atoms with Gasteiger partial charge in [0.1, 0.15) is 11.5 Å². The molecule has 0 bridgehead atoms. The number of ether oxygens (including phenoxy) is 2. The van der Waals surface area contributed by atoms with Gasteiger partial charge in [-0.25, -0.2) is 9.59 Å². The fourth-order valence-electron chi connectivity index (χ4n) is 2.74. The smallest absolute Gasteiger partial charge is 0.335 e. The van der Waals surface area contributed by atoms with Crippen molar-refractivity contribution in [3.63, 3.8) is 0 Å². The molecule has 0 unspecified atom stereocenters. The van der Waals surface area contributed by atoms with E-state index in [9.17, 15) is 9.59 Å². The zero-order valence-electron chi connectivity index (χ0n) is 16.2. The van der Waals surface area contributed by atoms with Crippen molar-refractivity contribution in [3.8, 4) is 11.5 Å². The number of rotatable bonds is 6. The minimum absolute atomic E-state index is 0.446. The first-order valence-corrected chi connectivity index (χ1v) is 8.65. The van der Waals surface area contributed by atoms with Gasteiger partial charge in [0.05, 0.1) is 0 Å². The third-order valence-electron chi connectivity index (χ3n) is 4.64. The molecule has 0 saturated carbocycles. The molecule has 27 heavy (non-hydrogen) atoms. The molecule has 0 heterocycles. The lowest BCUT2D eigenvalue weighted by Gasteiger charge is -2.17. The van der Waals surface area contributed by atoms with E-state index in [4.69, 9.17) is 9.47 Å². The molecular weight excluding hydrogens is 340 g/mol. The van der Waals surface area contributed by atoms with Crippen molar-refractivity contribution in [1.82, 2.24) is 0 Å². The summed E-state index contributed by atoms with van der Waals surface area (Å²) in [6.45, 7) is 14.6. The normalized spacial score (nSPS) is 10.2. The highest BCUT2D eigenvalue weighted by atomic mass is 16.5. The van der Waals surface area contributed by atoms with Crippen LogP contribution in [0.25, 0.3) is 0 Å². The molecule has 0 aliphatic heterocycles. The summed E-state index contributed by atoms with van der Waals surface area (Å²) in [5.41, 5.74) is 5.46. The second-order valence-electron chi connectivity index (χ2n) is 6.42. The van der Waals surface area contributed by atoms with Gasteiger partial charge in [0, 0.05) is 18.6 Å². The maximum absolute atomic E-state index is 11.8. The van der Waals surface area contributed by atoms with E-state index in [1.807, 2.05) is 52.0 Å². The molecule has 4 nitrogen and oxygen atoms in total. The number of hydrogen-bond acceptors (Lipinski definition) is 4.